The van der Waals surface area contributed by atoms with Crippen molar-refractivity contribution < 1.29 is 19.4 Å². The maximum absolute atomic E-state index is 11.0. The van der Waals surface area contributed by atoms with Crippen LogP contribution in [0.2, 0.25) is 0 Å². The van der Waals surface area contributed by atoms with E-state index >= 15 is 0 Å². The van der Waals surface area contributed by atoms with Crippen LogP contribution in [0.1, 0.15) is 19.4 Å². The lowest BCUT2D eigenvalue weighted by Gasteiger charge is -2.09. The van der Waals surface area contributed by atoms with Gasteiger partial charge in [-0.25, -0.2) is 4.79 Å². The minimum absolute atomic E-state index is 0.120. The summed E-state index contributed by atoms with van der Waals surface area (Å²) in [6, 6.07) is 14.1. The number of anilines is 1. The lowest BCUT2D eigenvalue weighted by atomic mass is 10.2. The normalized spacial score (nSPS) is 11.9. The van der Waals surface area contributed by atoms with Gasteiger partial charge in [-0.15, -0.1) is 0 Å². The van der Waals surface area contributed by atoms with Gasteiger partial charge in [0.15, 0.2) is 6.10 Å². The summed E-state index contributed by atoms with van der Waals surface area (Å²) in [5, 5.41) is 11.5. The zero-order valence-electron chi connectivity index (χ0n) is 13.4. The topological polar surface area (TPSA) is 88.0 Å². The molecule has 2 aromatic rings. The van der Waals surface area contributed by atoms with Gasteiger partial charge in [0, 0.05) is 18.8 Å². The molecule has 2 N–H and O–H groups in total. The third kappa shape index (κ3) is 5.24. The standard InChI is InChI=1S/C18H18N2O4/c1-12(18(22)23)24-17-9-3-14(4-10-17)11-19-15-5-7-16(8-6-15)20-13(2)21/h3-12H,1-2H3,(H,20,21)(H,22,23)/t12-/m1/s1. The average molecular weight is 326 g/mol. The average Bonchev–Trinajstić information content (AvgIpc) is 2.55. The number of aliphatic imine (C=N–C) groups is 1. The lowest BCUT2D eigenvalue weighted by molar-refractivity contribution is -0.144. The predicted molar refractivity (Wildman–Crippen MR) is 92.2 cm³/mol. The molecule has 6 nitrogen and oxygen atoms in total. The van der Waals surface area contributed by atoms with Crippen molar-refractivity contribution in [2.45, 2.75) is 20.0 Å². The smallest absolute Gasteiger partial charge is 0.344 e. The highest BCUT2D eigenvalue weighted by atomic mass is 16.5. The van der Waals surface area contributed by atoms with E-state index in [1.54, 1.807) is 54.7 Å². The van der Waals surface area contributed by atoms with Gasteiger partial charge in [-0.2, -0.15) is 0 Å². The lowest BCUT2D eigenvalue weighted by Crippen LogP contribution is -2.22. The van der Waals surface area contributed by atoms with Crippen molar-refractivity contribution in [3.8, 4) is 5.75 Å². The molecule has 2 rings (SSSR count). The molecule has 0 radical (unpaired) electrons. The number of hydrogen-bond donors (Lipinski definition) is 2. The summed E-state index contributed by atoms with van der Waals surface area (Å²) in [5.74, 6) is -0.643. The summed E-state index contributed by atoms with van der Waals surface area (Å²) in [4.78, 5) is 26.0. The summed E-state index contributed by atoms with van der Waals surface area (Å²) in [6.45, 7) is 2.93. The van der Waals surface area contributed by atoms with Crippen molar-refractivity contribution in [2.75, 3.05) is 5.32 Å². The van der Waals surface area contributed by atoms with Gasteiger partial charge >= 0.3 is 5.97 Å². The van der Waals surface area contributed by atoms with Crippen molar-refractivity contribution in [3.63, 3.8) is 0 Å². The van der Waals surface area contributed by atoms with E-state index in [0.717, 1.165) is 16.9 Å². The Kier molecular flexibility index (Phi) is 5.68. The molecule has 2 aromatic carbocycles. The van der Waals surface area contributed by atoms with Gasteiger partial charge in [0.2, 0.25) is 5.91 Å². The summed E-state index contributed by atoms with van der Waals surface area (Å²) in [7, 11) is 0. The quantitative estimate of drug-likeness (QED) is 0.798. The number of amides is 1. The number of hydrogen-bond acceptors (Lipinski definition) is 4. The molecule has 0 saturated heterocycles. The Labute approximate surface area is 139 Å². The van der Waals surface area contributed by atoms with E-state index in [4.69, 9.17) is 9.84 Å². The van der Waals surface area contributed by atoms with Crippen LogP contribution in [-0.4, -0.2) is 29.3 Å². The van der Waals surface area contributed by atoms with Gasteiger partial charge in [-0.1, -0.05) is 0 Å². The van der Waals surface area contributed by atoms with Gasteiger partial charge in [0.1, 0.15) is 5.75 Å². The van der Waals surface area contributed by atoms with Gasteiger partial charge in [-0.3, -0.25) is 9.79 Å². The van der Waals surface area contributed by atoms with Crippen LogP contribution < -0.4 is 10.1 Å². The van der Waals surface area contributed by atoms with Crippen molar-refractivity contribution >= 4 is 29.5 Å². The molecule has 1 amide bonds. The molecule has 24 heavy (non-hydrogen) atoms. The Bertz CT molecular complexity index is 737. The van der Waals surface area contributed by atoms with Gasteiger partial charge < -0.3 is 15.2 Å². The molecular weight excluding hydrogens is 308 g/mol. The van der Waals surface area contributed by atoms with E-state index in [0.29, 0.717) is 5.75 Å². The molecule has 0 aliphatic heterocycles. The first-order valence-corrected chi connectivity index (χ1v) is 7.35. The number of carbonyl (C=O) groups excluding carboxylic acids is 1. The van der Waals surface area contributed by atoms with Crippen LogP contribution in [-0.2, 0) is 9.59 Å². The van der Waals surface area contributed by atoms with Crippen LogP contribution in [0.5, 0.6) is 5.75 Å². The highest BCUT2D eigenvalue weighted by molar-refractivity contribution is 5.89. The Morgan fingerprint density at radius 1 is 1.12 bits per heavy atom. The van der Waals surface area contributed by atoms with Crippen molar-refractivity contribution in [3.05, 3.63) is 54.1 Å². The molecule has 6 heteroatoms. The molecule has 1 atom stereocenters. The number of carbonyl (C=O) groups is 2. The molecule has 0 aliphatic rings. The Balaban J connectivity index is 1.98. The fourth-order valence-electron chi connectivity index (χ4n) is 1.87. The molecule has 124 valence electrons. The number of nitrogens with one attached hydrogen (secondary N) is 1. The highest BCUT2D eigenvalue weighted by Crippen LogP contribution is 2.17. The molecular formula is C18H18N2O4. The monoisotopic (exact) mass is 326 g/mol. The summed E-state index contributed by atoms with van der Waals surface area (Å²) < 4.78 is 5.26. The van der Waals surface area contributed by atoms with Crippen LogP contribution in [0.25, 0.3) is 0 Å². The van der Waals surface area contributed by atoms with E-state index in [1.807, 2.05) is 0 Å². The molecule has 0 fully saturated rings. The van der Waals surface area contributed by atoms with Crippen LogP contribution in [0, 0.1) is 0 Å². The van der Waals surface area contributed by atoms with Crippen molar-refractivity contribution in [1.82, 2.24) is 0 Å². The zero-order valence-corrected chi connectivity index (χ0v) is 13.4. The summed E-state index contributed by atoms with van der Waals surface area (Å²) in [6.07, 6.45) is 0.796. The van der Waals surface area contributed by atoms with E-state index in [2.05, 4.69) is 10.3 Å². The van der Waals surface area contributed by atoms with Crippen LogP contribution in [0.4, 0.5) is 11.4 Å². The number of carboxylic acids is 1. The second kappa shape index (κ2) is 7.92. The molecule has 0 aromatic heterocycles. The molecule has 0 unspecified atom stereocenters. The minimum Gasteiger partial charge on any atom is -0.479 e. The molecule has 0 saturated carbocycles. The van der Waals surface area contributed by atoms with E-state index in [1.165, 1.54) is 13.8 Å². The highest BCUT2D eigenvalue weighted by Gasteiger charge is 2.11. The molecule has 0 heterocycles. The predicted octanol–water partition coefficient (Wildman–Crippen LogP) is 3.25. The second-order valence-electron chi connectivity index (χ2n) is 5.15. The van der Waals surface area contributed by atoms with Gasteiger partial charge in [0.05, 0.1) is 5.69 Å². The van der Waals surface area contributed by atoms with E-state index in [9.17, 15) is 9.59 Å². The fraction of sp³-hybridized carbons (Fsp3) is 0.167. The largest absolute Gasteiger partial charge is 0.479 e. The van der Waals surface area contributed by atoms with Crippen molar-refractivity contribution in [1.29, 1.82) is 0 Å². The Hall–Kier alpha value is -3.15. The summed E-state index contributed by atoms with van der Waals surface area (Å²) >= 11 is 0. The zero-order chi connectivity index (χ0) is 17.5. The third-order valence-corrected chi connectivity index (χ3v) is 3.09. The first-order valence-electron chi connectivity index (χ1n) is 7.35. The number of rotatable bonds is 6. The maximum Gasteiger partial charge on any atom is 0.344 e. The molecule has 0 bridgehead atoms. The van der Waals surface area contributed by atoms with Gasteiger partial charge in [0.25, 0.3) is 0 Å². The number of aliphatic carboxylic acids is 1. The molecule has 0 spiro atoms. The van der Waals surface area contributed by atoms with Crippen LogP contribution >= 0.6 is 0 Å². The number of ether oxygens (including phenoxy) is 1. The summed E-state index contributed by atoms with van der Waals surface area (Å²) in [5.41, 5.74) is 2.33. The van der Waals surface area contributed by atoms with Crippen molar-refractivity contribution in [2.24, 2.45) is 4.99 Å². The first kappa shape index (κ1) is 17.2. The van der Waals surface area contributed by atoms with Gasteiger partial charge in [-0.05, 0) is 61.0 Å². The SMILES string of the molecule is CC(=O)Nc1ccc(N=Cc2ccc(O[C@H](C)C(=O)O)cc2)cc1. The third-order valence-electron chi connectivity index (χ3n) is 3.09. The molecule has 0 aliphatic carbocycles. The Morgan fingerprint density at radius 3 is 2.29 bits per heavy atom. The first-order chi connectivity index (χ1) is 11.4. The second-order valence-corrected chi connectivity index (χ2v) is 5.15. The number of benzene rings is 2. The maximum atomic E-state index is 11.0. The van der Waals surface area contributed by atoms with E-state index in [-0.39, 0.29) is 5.91 Å². The minimum atomic E-state index is -1.01. The fourth-order valence-corrected chi connectivity index (χ4v) is 1.87. The Morgan fingerprint density at radius 2 is 1.75 bits per heavy atom. The number of nitrogens with zero attached hydrogens (tertiary/aromatic N) is 1. The van der Waals surface area contributed by atoms with Crippen LogP contribution in [0.15, 0.2) is 53.5 Å². The van der Waals surface area contributed by atoms with E-state index < -0.39 is 12.1 Å². The van der Waals surface area contributed by atoms with Crippen LogP contribution in [0.3, 0.4) is 0 Å². The number of carboxylic acid groups (broad SMARTS) is 1.